The first-order valence-electron chi connectivity index (χ1n) is 9.11. The molecule has 1 atom stereocenters. The van der Waals surface area contributed by atoms with Crippen molar-refractivity contribution in [2.75, 3.05) is 6.54 Å². The van der Waals surface area contributed by atoms with E-state index in [1.54, 1.807) is 24.7 Å². The Hall–Kier alpha value is -3.36. The molecule has 0 aliphatic carbocycles. The summed E-state index contributed by atoms with van der Waals surface area (Å²) in [6, 6.07) is 4.06. The van der Waals surface area contributed by atoms with E-state index in [0.29, 0.717) is 24.6 Å². The number of halogens is 1. The molecule has 0 aromatic carbocycles. The Morgan fingerprint density at radius 1 is 1.39 bits per heavy atom. The van der Waals surface area contributed by atoms with Crippen molar-refractivity contribution in [3.63, 3.8) is 0 Å². The smallest absolute Gasteiger partial charge is 0.244 e. The first kappa shape index (κ1) is 18.0. The SMILES string of the molecule is CCCC1=C(Cn2ccnc2-c2cccc(F)n2)N=CN2CC(C(N)=O)N=C12. The van der Waals surface area contributed by atoms with Crippen LogP contribution in [-0.4, -0.2) is 50.1 Å². The third-order valence-electron chi connectivity index (χ3n) is 4.70. The van der Waals surface area contributed by atoms with Gasteiger partial charge in [0.2, 0.25) is 11.9 Å². The van der Waals surface area contributed by atoms with E-state index in [1.165, 1.54) is 6.07 Å². The number of nitrogens with zero attached hydrogens (tertiary/aromatic N) is 6. The highest BCUT2D eigenvalue weighted by molar-refractivity contribution is 6.09. The Bertz CT molecular complexity index is 1010. The highest BCUT2D eigenvalue weighted by atomic mass is 19.1. The second-order valence-corrected chi connectivity index (χ2v) is 6.67. The molecule has 2 N–H and O–H groups in total. The maximum absolute atomic E-state index is 13.5. The van der Waals surface area contributed by atoms with E-state index < -0.39 is 17.9 Å². The molecule has 0 radical (unpaired) electrons. The van der Waals surface area contributed by atoms with Gasteiger partial charge in [0.15, 0.2) is 5.82 Å². The molecule has 4 heterocycles. The number of hydrogen-bond acceptors (Lipinski definition) is 6. The normalized spacial score (nSPS) is 18.4. The minimum absolute atomic E-state index is 0.415. The number of hydrogen-bond donors (Lipinski definition) is 1. The van der Waals surface area contributed by atoms with Crippen molar-refractivity contribution in [2.24, 2.45) is 15.7 Å². The predicted octanol–water partition coefficient (Wildman–Crippen LogP) is 1.75. The first-order valence-corrected chi connectivity index (χ1v) is 9.11. The van der Waals surface area contributed by atoms with Crippen molar-refractivity contribution < 1.29 is 9.18 Å². The van der Waals surface area contributed by atoms with Gasteiger partial charge in [-0.15, -0.1) is 0 Å². The Morgan fingerprint density at radius 3 is 3.00 bits per heavy atom. The van der Waals surface area contributed by atoms with Crippen LogP contribution in [0.4, 0.5) is 4.39 Å². The molecule has 2 aromatic rings. The van der Waals surface area contributed by atoms with Gasteiger partial charge in [0, 0.05) is 18.0 Å². The Labute approximate surface area is 161 Å². The van der Waals surface area contributed by atoms with E-state index in [0.717, 1.165) is 29.9 Å². The van der Waals surface area contributed by atoms with Crippen molar-refractivity contribution in [3.8, 4) is 11.5 Å². The van der Waals surface area contributed by atoms with Gasteiger partial charge >= 0.3 is 0 Å². The number of primary amides is 1. The minimum atomic E-state index is -0.562. The maximum Gasteiger partial charge on any atom is 0.244 e. The third kappa shape index (κ3) is 3.30. The van der Waals surface area contributed by atoms with Gasteiger partial charge in [-0.3, -0.25) is 9.79 Å². The number of amides is 1. The number of fused-ring (bicyclic) bond motifs is 1. The Balaban J connectivity index is 1.69. The molecule has 0 saturated heterocycles. The zero-order valence-corrected chi connectivity index (χ0v) is 15.4. The number of aliphatic imine (C=N–C) groups is 2. The average molecular weight is 381 g/mol. The summed E-state index contributed by atoms with van der Waals surface area (Å²) in [6.45, 7) is 2.93. The van der Waals surface area contributed by atoms with Gasteiger partial charge in [-0.25, -0.2) is 15.0 Å². The van der Waals surface area contributed by atoms with Crippen molar-refractivity contribution in [1.29, 1.82) is 0 Å². The molecule has 2 aromatic heterocycles. The molecule has 9 heteroatoms. The van der Waals surface area contributed by atoms with Crippen LogP contribution in [0, 0.1) is 5.95 Å². The zero-order valence-electron chi connectivity index (χ0n) is 15.4. The molecule has 0 saturated carbocycles. The number of aromatic nitrogens is 3. The Kier molecular flexibility index (Phi) is 4.72. The van der Waals surface area contributed by atoms with Crippen molar-refractivity contribution in [2.45, 2.75) is 32.4 Å². The van der Waals surface area contributed by atoms with Crippen LogP contribution in [0.15, 0.2) is 51.8 Å². The standard InChI is InChI=1S/C19H20FN7O/c1-2-4-12-14(23-11-27-10-15(17(21)28)25-18(12)27)9-26-8-7-22-19(26)13-5-3-6-16(20)24-13/h3,5-8,11,15H,2,4,9-10H2,1H3,(H2,21,28). The molecule has 2 aliphatic heterocycles. The molecule has 1 unspecified atom stereocenters. The van der Waals surface area contributed by atoms with Crippen LogP contribution >= 0.6 is 0 Å². The number of carbonyl (C=O) groups is 1. The van der Waals surface area contributed by atoms with Gasteiger partial charge in [-0.2, -0.15) is 4.39 Å². The van der Waals surface area contributed by atoms with Crippen LogP contribution in [-0.2, 0) is 11.3 Å². The van der Waals surface area contributed by atoms with Crippen LogP contribution in [0.1, 0.15) is 19.8 Å². The molecular weight excluding hydrogens is 361 g/mol. The minimum Gasteiger partial charge on any atom is -0.368 e. The average Bonchev–Trinajstić information content (AvgIpc) is 3.31. The van der Waals surface area contributed by atoms with Crippen LogP contribution in [0.5, 0.6) is 0 Å². The van der Waals surface area contributed by atoms with Gasteiger partial charge < -0.3 is 15.2 Å². The largest absolute Gasteiger partial charge is 0.368 e. The fourth-order valence-electron chi connectivity index (χ4n) is 3.39. The van der Waals surface area contributed by atoms with Gasteiger partial charge in [-0.1, -0.05) is 19.4 Å². The summed E-state index contributed by atoms with van der Waals surface area (Å²) < 4.78 is 15.4. The summed E-state index contributed by atoms with van der Waals surface area (Å²) >= 11 is 0. The monoisotopic (exact) mass is 381 g/mol. The predicted molar refractivity (Wildman–Crippen MR) is 103 cm³/mol. The topological polar surface area (TPSA) is 102 Å². The summed E-state index contributed by atoms with van der Waals surface area (Å²) in [5.41, 5.74) is 7.70. The number of imidazole rings is 1. The lowest BCUT2D eigenvalue weighted by Gasteiger charge is -2.24. The van der Waals surface area contributed by atoms with Gasteiger partial charge in [0.25, 0.3) is 0 Å². The molecule has 144 valence electrons. The highest BCUT2D eigenvalue weighted by Gasteiger charge is 2.33. The lowest BCUT2D eigenvalue weighted by molar-refractivity contribution is -0.119. The van der Waals surface area contributed by atoms with Crippen molar-refractivity contribution >= 4 is 18.1 Å². The second kappa shape index (κ2) is 7.34. The highest BCUT2D eigenvalue weighted by Crippen LogP contribution is 2.27. The van der Waals surface area contributed by atoms with Crippen LogP contribution < -0.4 is 5.73 Å². The summed E-state index contributed by atoms with van der Waals surface area (Å²) in [6.07, 6.45) is 6.83. The molecule has 0 spiro atoms. The van der Waals surface area contributed by atoms with E-state index in [2.05, 4.69) is 26.9 Å². The zero-order chi connectivity index (χ0) is 19.7. The van der Waals surface area contributed by atoms with Crippen molar-refractivity contribution in [1.82, 2.24) is 19.4 Å². The van der Waals surface area contributed by atoms with E-state index in [4.69, 9.17) is 5.73 Å². The quantitative estimate of drug-likeness (QED) is 0.770. The molecule has 0 bridgehead atoms. The van der Waals surface area contributed by atoms with E-state index >= 15 is 0 Å². The number of rotatable bonds is 6. The van der Waals surface area contributed by atoms with Crippen molar-refractivity contribution in [3.05, 3.63) is 47.8 Å². The molecule has 28 heavy (non-hydrogen) atoms. The van der Waals surface area contributed by atoms with Crippen LogP contribution in [0.2, 0.25) is 0 Å². The van der Waals surface area contributed by atoms with Crippen LogP contribution in [0.25, 0.3) is 11.5 Å². The number of amidine groups is 1. The molecule has 8 nitrogen and oxygen atoms in total. The first-order chi connectivity index (χ1) is 13.6. The van der Waals surface area contributed by atoms with E-state index in [-0.39, 0.29) is 0 Å². The van der Waals surface area contributed by atoms with E-state index in [9.17, 15) is 9.18 Å². The van der Waals surface area contributed by atoms with Gasteiger partial charge in [-0.05, 0) is 18.6 Å². The number of carbonyl (C=O) groups excluding carboxylic acids is 1. The van der Waals surface area contributed by atoms with E-state index in [1.807, 2.05) is 15.7 Å². The fourth-order valence-corrected chi connectivity index (χ4v) is 3.39. The Morgan fingerprint density at radius 2 is 2.25 bits per heavy atom. The van der Waals surface area contributed by atoms with Gasteiger partial charge in [0.05, 0.1) is 25.1 Å². The second-order valence-electron chi connectivity index (χ2n) is 6.67. The lowest BCUT2D eigenvalue weighted by atomic mass is 10.1. The van der Waals surface area contributed by atoms with Crippen LogP contribution in [0.3, 0.4) is 0 Å². The third-order valence-corrected chi connectivity index (χ3v) is 4.70. The number of nitrogens with two attached hydrogens (primary N) is 1. The lowest BCUT2D eigenvalue weighted by Crippen LogP contribution is -2.35. The number of pyridine rings is 1. The molecule has 1 amide bonds. The molecule has 4 rings (SSSR count). The number of allylic oxidation sites excluding steroid dienone is 1. The molecule has 2 aliphatic rings. The molecule has 0 fully saturated rings. The maximum atomic E-state index is 13.5. The summed E-state index contributed by atoms with van der Waals surface area (Å²) in [5.74, 6) is 0.314. The summed E-state index contributed by atoms with van der Waals surface area (Å²) in [5, 5.41) is 0. The summed E-state index contributed by atoms with van der Waals surface area (Å²) in [4.78, 5) is 30.8. The summed E-state index contributed by atoms with van der Waals surface area (Å²) in [7, 11) is 0. The molecular formula is C19H20FN7O. The van der Waals surface area contributed by atoms with Gasteiger partial charge in [0.1, 0.15) is 17.6 Å². The fraction of sp³-hybridized carbons (Fsp3) is 0.316.